The summed E-state index contributed by atoms with van der Waals surface area (Å²) in [6.45, 7) is 5.71. The fourth-order valence-electron chi connectivity index (χ4n) is 1.49. The Balaban J connectivity index is 2.46. The second-order valence-corrected chi connectivity index (χ2v) is 3.81. The lowest BCUT2D eigenvalue weighted by Crippen LogP contribution is -2.01. The number of anilines is 1. The van der Waals surface area contributed by atoms with Crippen molar-refractivity contribution in [2.45, 2.75) is 6.92 Å². The van der Waals surface area contributed by atoms with Gasteiger partial charge in [-0.3, -0.25) is 0 Å². The van der Waals surface area contributed by atoms with E-state index in [-0.39, 0.29) is 0 Å². The smallest absolute Gasteiger partial charge is 0.127 e. The summed E-state index contributed by atoms with van der Waals surface area (Å²) in [6.07, 6.45) is 0. The van der Waals surface area contributed by atoms with Crippen molar-refractivity contribution < 1.29 is 0 Å². The van der Waals surface area contributed by atoms with Crippen molar-refractivity contribution >= 4 is 11.4 Å². The summed E-state index contributed by atoms with van der Waals surface area (Å²) in [5.74, 6) is 0.549. The van der Waals surface area contributed by atoms with Crippen LogP contribution in [-0.4, -0.2) is 9.78 Å². The fraction of sp³-hybridized carbons (Fsp3) is 0.0769. The first-order valence-corrected chi connectivity index (χ1v) is 5.14. The quantitative estimate of drug-likeness (QED) is 0.851. The fourth-order valence-corrected chi connectivity index (χ4v) is 1.49. The van der Waals surface area contributed by atoms with Gasteiger partial charge in [-0.15, -0.1) is 0 Å². The monoisotopic (exact) mass is 224 g/mol. The molecule has 0 unspecified atom stereocenters. The van der Waals surface area contributed by atoms with Crippen LogP contribution in [0.25, 0.3) is 11.3 Å². The molecular formula is C13H12N4. The van der Waals surface area contributed by atoms with Gasteiger partial charge in [0, 0.05) is 6.07 Å². The molecule has 2 rings (SSSR count). The van der Waals surface area contributed by atoms with Gasteiger partial charge in [-0.1, -0.05) is 6.58 Å². The summed E-state index contributed by atoms with van der Waals surface area (Å²) >= 11 is 0. The normalized spacial score (nSPS) is 9.88. The third-order valence-corrected chi connectivity index (χ3v) is 2.42. The second-order valence-electron chi connectivity index (χ2n) is 3.81. The van der Waals surface area contributed by atoms with Crippen molar-refractivity contribution in [3.8, 4) is 11.8 Å². The molecule has 4 nitrogen and oxygen atoms in total. The van der Waals surface area contributed by atoms with E-state index < -0.39 is 0 Å². The Morgan fingerprint density at radius 3 is 2.53 bits per heavy atom. The van der Waals surface area contributed by atoms with Gasteiger partial charge in [0.25, 0.3) is 0 Å². The molecule has 1 aromatic carbocycles. The van der Waals surface area contributed by atoms with Crippen LogP contribution in [0.4, 0.5) is 5.82 Å². The Kier molecular flexibility index (Phi) is 2.67. The van der Waals surface area contributed by atoms with Crippen LogP contribution in [-0.2, 0) is 0 Å². The number of rotatable bonds is 2. The Hall–Kier alpha value is -2.54. The molecule has 0 aliphatic heterocycles. The van der Waals surface area contributed by atoms with Crippen molar-refractivity contribution in [1.82, 2.24) is 9.78 Å². The standard InChI is InChI=1S/C13H12N4/c1-9(2)12-7-13(15)17(16-12)11-5-3-10(8-14)4-6-11/h3-7H,1,15H2,2H3. The van der Waals surface area contributed by atoms with Gasteiger partial charge in [-0.25, -0.2) is 4.68 Å². The van der Waals surface area contributed by atoms with Crippen LogP contribution in [0.2, 0.25) is 0 Å². The Labute approximate surface area is 99.6 Å². The van der Waals surface area contributed by atoms with Crippen LogP contribution in [0.3, 0.4) is 0 Å². The zero-order chi connectivity index (χ0) is 12.4. The van der Waals surface area contributed by atoms with Gasteiger partial charge in [0.2, 0.25) is 0 Å². The minimum atomic E-state index is 0.549. The van der Waals surface area contributed by atoms with Crippen LogP contribution in [0.15, 0.2) is 36.9 Å². The number of nitrogen functional groups attached to an aromatic ring is 1. The average molecular weight is 224 g/mol. The predicted octanol–water partition coefficient (Wildman–Crippen LogP) is 2.36. The van der Waals surface area contributed by atoms with E-state index in [0.29, 0.717) is 11.4 Å². The first kappa shape index (κ1) is 11.0. The molecule has 1 heterocycles. The molecule has 0 spiro atoms. The van der Waals surface area contributed by atoms with Crippen LogP contribution in [0.1, 0.15) is 18.2 Å². The van der Waals surface area contributed by atoms with Gasteiger partial charge < -0.3 is 5.73 Å². The summed E-state index contributed by atoms with van der Waals surface area (Å²) in [6, 6.07) is 10.9. The number of hydrogen-bond donors (Lipinski definition) is 1. The summed E-state index contributed by atoms with van der Waals surface area (Å²) in [7, 11) is 0. The second kappa shape index (κ2) is 4.14. The molecule has 0 aliphatic rings. The van der Waals surface area contributed by atoms with E-state index >= 15 is 0 Å². The molecule has 0 amide bonds. The van der Waals surface area contributed by atoms with Crippen LogP contribution in [0, 0.1) is 11.3 Å². The molecule has 0 atom stereocenters. The van der Waals surface area contributed by atoms with Gasteiger partial charge in [0.05, 0.1) is 23.0 Å². The Morgan fingerprint density at radius 1 is 1.41 bits per heavy atom. The average Bonchev–Trinajstić information content (AvgIpc) is 2.72. The summed E-state index contributed by atoms with van der Waals surface area (Å²) < 4.78 is 1.63. The highest BCUT2D eigenvalue weighted by Crippen LogP contribution is 2.18. The van der Waals surface area contributed by atoms with Crippen molar-refractivity contribution in [2.75, 3.05) is 5.73 Å². The van der Waals surface area contributed by atoms with Gasteiger partial charge in [-0.2, -0.15) is 10.4 Å². The molecule has 1 aromatic heterocycles. The van der Waals surface area contributed by atoms with Crippen LogP contribution in [0.5, 0.6) is 0 Å². The van der Waals surface area contributed by atoms with Gasteiger partial charge in [0.1, 0.15) is 5.82 Å². The summed E-state index contributed by atoms with van der Waals surface area (Å²) in [5.41, 5.74) is 8.95. The lowest BCUT2D eigenvalue weighted by Gasteiger charge is -2.03. The topological polar surface area (TPSA) is 67.6 Å². The highest BCUT2D eigenvalue weighted by molar-refractivity contribution is 5.61. The molecule has 17 heavy (non-hydrogen) atoms. The summed E-state index contributed by atoms with van der Waals surface area (Å²) in [4.78, 5) is 0. The molecule has 2 N–H and O–H groups in total. The third kappa shape index (κ3) is 2.04. The van der Waals surface area contributed by atoms with Crippen LogP contribution >= 0.6 is 0 Å². The van der Waals surface area contributed by atoms with Crippen LogP contribution < -0.4 is 5.73 Å². The van der Waals surface area contributed by atoms with Gasteiger partial charge >= 0.3 is 0 Å². The maximum atomic E-state index is 8.72. The minimum Gasteiger partial charge on any atom is -0.384 e. The molecule has 0 aliphatic carbocycles. The molecule has 0 saturated heterocycles. The van der Waals surface area contributed by atoms with E-state index in [4.69, 9.17) is 11.0 Å². The van der Waals surface area contributed by atoms with Crippen molar-refractivity contribution in [1.29, 1.82) is 5.26 Å². The minimum absolute atomic E-state index is 0.549. The molecule has 2 aromatic rings. The van der Waals surface area contributed by atoms with E-state index in [9.17, 15) is 0 Å². The molecule has 0 fully saturated rings. The van der Waals surface area contributed by atoms with E-state index in [1.54, 1.807) is 22.9 Å². The number of nitriles is 1. The van der Waals surface area contributed by atoms with Gasteiger partial charge in [-0.05, 0) is 36.8 Å². The van der Waals surface area contributed by atoms with E-state index in [2.05, 4.69) is 17.7 Å². The van der Waals surface area contributed by atoms with Crippen molar-refractivity contribution in [3.05, 3.63) is 48.2 Å². The maximum absolute atomic E-state index is 8.72. The van der Waals surface area contributed by atoms with Crippen molar-refractivity contribution in [3.63, 3.8) is 0 Å². The third-order valence-electron chi connectivity index (χ3n) is 2.42. The van der Waals surface area contributed by atoms with E-state index in [1.165, 1.54) is 0 Å². The molecule has 4 heteroatoms. The first-order chi connectivity index (χ1) is 8.11. The summed E-state index contributed by atoms with van der Waals surface area (Å²) in [5, 5.41) is 13.1. The number of nitrogens with two attached hydrogens (primary N) is 1. The highest BCUT2D eigenvalue weighted by Gasteiger charge is 2.07. The first-order valence-electron chi connectivity index (χ1n) is 5.14. The number of benzene rings is 1. The highest BCUT2D eigenvalue weighted by atomic mass is 15.3. The number of allylic oxidation sites excluding steroid dienone is 1. The lowest BCUT2D eigenvalue weighted by molar-refractivity contribution is 0.883. The zero-order valence-electron chi connectivity index (χ0n) is 9.51. The van der Waals surface area contributed by atoms with Crippen molar-refractivity contribution in [2.24, 2.45) is 0 Å². The van der Waals surface area contributed by atoms with Gasteiger partial charge in [0.15, 0.2) is 0 Å². The SMILES string of the molecule is C=C(C)c1cc(N)n(-c2ccc(C#N)cc2)n1. The molecule has 0 radical (unpaired) electrons. The van der Waals surface area contributed by atoms with E-state index in [0.717, 1.165) is 17.0 Å². The Bertz CT molecular complexity index is 599. The zero-order valence-corrected chi connectivity index (χ0v) is 9.51. The lowest BCUT2D eigenvalue weighted by atomic mass is 10.2. The predicted molar refractivity (Wildman–Crippen MR) is 67.4 cm³/mol. The molecular weight excluding hydrogens is 212 g/mol. The largest absolute Gasteiger partial charge is 0.384 e. The van der Waals surface area contributed by atoms with E-state index in [1.807, 2.05) is 19.1 Å². The number of aromatic nitrogens is 2. The Morgan fingerprint density at radius 2 is 2.06 bits per heavy atom. The molecule has 0 bridgehead atoms. The molecule has 0 saturated carbocycles. The number of hydrogen-bond acceptors (Lipinski definition) is 3. The number of nitrogens with zero attached hydrogens (tertiary/aromatic N) is 3. The molecule has 84 valence electrons. The maximum Gasteiger partial charge on any atom is 0.127 e.